The number of furan rings is 1. The maximum atomic E-state index is 13.5. The van der Waals surface area contributed by atoms with Gasteiger partial charge in [-0.3, -0.25) is 9.78 Å². The molecule has 10 heteroatoms. The first-order chi connectivity index (χ1) is 16.5. The van der Waals surface area contributed by atoms with E-state index in [1.54, 1.807) is 18.7 Å². The summed E-state index contributed by atoms with van der Waals surface area (Å²) in [5.41, 5.74) is 2.64. The predicted molar refractivity (Wildman–Crippen MR) is 130 cm³/mol. The van der Waals surface area contributed by atoms with E-state index in [2.05, 4.69) is 15.2 Å². The molecule has 0 fully saturated rings. The van der Waals surface area contributed by atoms with E-state index in [1.807, 2.05) is 67.1 Å². The van der Waals surface area contributed by atoms with Crippen LogP contribution in [0.25, 0.3) is 11.4 Å². The lowest BCUT2D eigenvalue weighted by molar-refractivity contribution is -0.132. The van der Waals surface area contributed by atoms with E-state index in [9.17, 15) is 4.79 Å². The molecule has 2 atom stereocenters. The van der Waals surface area contributed by atoms with Gasteiger partial charge in [0, 0.05) is 36.4 Å². The number of aromatic nitrogens is 4. The Hall–Kier alpha value is -3.43. The van der Waals surface area contributed by atoms with Gasteiger partial charge in [-0.15, -0.1) is 10.2 Å². The number of nitrogens with zero attached hydrogens (tertiary/aromatic N) is 6. The maximum absolute atomic E-state index is 13.5. The SMILES string of the molecule is C[C@H](Sc1nnc(-c2ccncc2)n1C)C(=O)N1N=C(c2ccc(Cl)cc2)C[C@@H]1c1ccco1. The molecule has 4 heterocycles. The molecule has 1 aliphatic heterocycles. The van der Waals surface area contributed by atoms with Crippen molar-refractivity contribution in [2.75, 3.05) is 0 Å². The smallest absolute Gasteiger partial charge is 0.256 e. The van der Waals surface area contributed by atoms with Gasteiger partial charge in [0.05, 0.1) is 17.2 Å². The van der Waals surface area contributed by atoms with Crippen molar-refractivity contribution in [1.82, 2.24) is 24.8 Å². The Labute approximate surface area is 205 Å². The van der Waals surface area contributed by atoms with Crippen molar-refractivity contribution in [2.24, 2.45) is 12.1 Å². The average molecular weight is 493 g/mol. The number of thioether (sulfide) groups is 1. The lowest BCUT2D eigenvalue weighted by atomic mass is 10.0. The molecule has 0 unspecified atom stereocenters. The largest absolute Gasteiger partial charge is 0.467 e. The van der Waals surface area contributed by atoms with Gasteiger partial charge in [-0.2, -0.15) is 5.10 Å². The highest BCUT2D eigenvalue weighted by Gasteiger charge is 2.37. The Morgan fingerprint density at radius 3 is 2.59 bits per heavy atom. The van der Waals surface area contributed by atoms with Crippen LogP contribution in [0.2, 0.25) is 5.02 Å². The molecule has 1 aliphatic rings. The summed E-state index contributed by atoms with van der Waals surface area (Å²) in [5, 5.41) is 15.7. The van der Waals surface area contributed by atoms with Crippen molar-refractivity contribution in [3.8, 4) is 11.4 Å². The highest BCUT2D eigenvalue weighted by molar-refractivity contribution is 8.00. The Morgan fingerprint density at radius 2 is 1.88 bits per heavy atom. The third-order valence-corrected chi connectivity index (χ3v) is 6.96. The second kappa shape index (κ2) is 9.44. The first-order valence-electron chi connectivity index (χ1n) is 10.7. The van der Waals surface area contributed by atoms with Gasteiger partial charge in [0.1, 0.15) is 11.8 Å². The summed E-state index contributed by atoms with van der Waals surface area (Å²) in [6.07, 6.45) is 5.58. The Morgan fingerprint density at radius 1 is 1.12 bits per heavy atom. The van der Waals surface area contributed by atoms with Crippen LogP contribution in [0.1, 0.15) is 30.7 Å². The fraction of sp³-hybridized carbons (Fsp3) is 0.208. The highest BCUT2D eigenvalue weighted by atomic mass is 35.5. The maximum Gasteiger partial charge on any atom is 0.256 e. The highest BCUT2D eigenvalue weighted by Crippen LogP contribution is 2.36. The number of carbonyl (C=O) groups is 1. The third-order valence-electron chi connectivity index (χ3n) is 5.59. The molecule has 0 saturated carbocycles. The van der Waals surface area contributed by atoms with Gasteiger partial charge in [0.25, 0.3) is 5.91 Å². The van der Waals surface area contributed by atoms with Gasteiger partial charge in [0.2, 0.25) is 0 Å². The van der Waals surface area contributed by atoms with Crippen LogP contribution in [0, 0.1) is 0 Å². The summed E-state index contributed by atoms with van der Waals surface area (Å²) in [6, 6.07) is 14.6. The normalized spacial score (nSPS) is 16.5. The van der Waals surface area contributed by atoms with Crippen LogP contribution < -0.4 is 0 Å². The van der Waals surface area contributed by atoms with Crippen LogP contribution >= 0.6 is 23.4 Å². The molecule has 1 aromatic carbocycles. The number of amides is 1. The standard InChI is InChI=1S/C24H21ClN6O2S/c1-15(34-24-28-27-22(30(24)2)17-9-11-26-12-10-17)23(32)31-20(21-4-3-13-33-21)14-19(29-31)16-5-7-18(25)8-6-16/h3-13,15,20H,14H2,1-2H3/t15-,20+/m0/s1. The van der Waals surface area contributed by atoms with Crippen LogP contribution in [0.4, 0.5) is 0 Å². The first-order valence-corrected chi connectivity index (χ1v) is 11.9. The van der Waals surface area contributed by atoms with Gasteiger partial charge in [0.15, 0.2) is 11.0 Å². The second-order valence-corrected chi connectivity index (χ2v) is 9.58. The summed E-state index contributed by atoms with van der Waals surface area (Å²) < 4.78 is 7.52. The molecule has 0 bridgehead atoms. The van der Waals surface area contributed by atoms with Crippen LogP contribution in [0.5, 0.6) is 0 Å². The van der Waals surface area contributed by atoms with Crippen LogP contribution in [-0.2, 0) is 11.8 Å². The fourth-order valence-corrected chi connectivity index (χ4v) is 4.78. The van der Waals surface area contributed by atoms with Gasteiger partial charge in [-0.05, 0) is 48.9 Å². The van der Waals surface area contributed by atoms with Crippen LogP contribution in [0.15, 0.2) is 81.9 Å². The van der Waals surface area contributed by atoms with Crippen molar-refractivity contribution in [1.29, 1.82) is 0 Å². The summed E-state index contributed by atoms with van der Waals surface area (Å²) >= 11 is 7.39. The van der Waals surface area contributed by atoms with Crippen molar-refractivity contribution in [3.05, 3.63) is 83.5 Å². The number of benzene rings is 1. The molecular formula is C24H21ClN6O2S. The first kappa shape index (κ1) is 22.4. The summed E-state index contributed by atoms with van der Waals surface area (Å²) in [4.78, 5) is 17.6. The zero-order valence-corrected chi connectivity index (χ0v) is 20.1. The average Bonchev–Trinajstić information content (AvgIpc) is 3.60. The molecule has 4 aromatic rings. The minimum Gasteiger partial charge on any atom is -0.467 e. The van der Waals surface area contributed by atoms with Gasteiger partial charge < -0.3 is 8.98 Å². The quantitative estimate of drug-likeness (QED) is 0.352. The number of pyridine rings is 1. The van der Waals surface area contributed by atoms with E-state index in [0.29, 0.717) is 28.2 Å². The Bertz CT molecular complexity index is 1320. The number of hydrazone groups is 1. The number of rotatable bonds is 6. The van der Waals surface area contributed by atoms with Crippen LogP contribution in [-0.4, -0.2) is 41.6 Å². The summed E-state index contributed by atoms with van der Waals surface area (Å²) in [6.45, 7) is 1.85. The zero-order chi connectivity index (χ0) is 23.7. The molecule has 0 radical (unpaired) electrons. The molecule has 0 saturated heterocycles. The van der Waals surface area contributed by atoms with E-state index in [0.717, 1.165) is 16.8 Å². The molecule has 5 rings (SSSR count). The lowest BCUT2D eigenvalue weighted by Gasteiger charge is -2.22. The second-order valence-electron chi connectivity index (χ2n) is 7.83. The van der Waals surface area contributed by atoms with Crippen molar-refractivity contribution >= 4 is 35.0 Å². The molecule has 0 N–H and O–H groups in total. The van der Waals surface area contributed by atoms with Gasteiger partial charge in [-0.25, -0.2) is 5.01 Å². The topological polar surface area (TPSA) is 89.4 Å². The van der Waals surface area contributed by atoms with Gasteiger partial charge >= 0.3 is 0 Å². The molecule has 34 heavy (non-hydrogen) atoms. The fourth-order valence-electron chi connectivity index (χ4n) is 3.80. The summed E-state index contributed by atoms with van der Waals surface area (Å²) in [5.74, 6) is 1.27. The third kappa shape index (κ3) is 4.36. The zero-order valence-electron chi connectivity index (χ0n) is 18.5. The summed E-state index contributed by atoms with van der Waals surface area (Å²) in [7, 11) is 1.88. The molecule has 0 aliphatic carbocycles. The van der Waals surface area contributed by atoms with E-state index in [-0.39, 0.29) is 11.9 Å². The van der Waals surface area contributed by atoms with E-state index in [4.69, 9.17) is 21.1 Å². The minimum absolute atomic E-state index is 0.135. The molecule has 3 aromatic heterocycles. The van der Waals surface area contributed by atoms with Crippen molar-refractivity contribution < 1.29 is 9.21 Å². The number of hydrogen-bond acceptors (Lipinski definition) is 7. The number of hydrogen-bond donors (Lipinski definition) is 0. The molecule has 8 nitrogen and oxygen atoms in total. The molecule has 172 valence electrons. The van der Waals surface area contributed by atoms with E-state index >= 15 is 0 Å². The van der Waals surface area contributed by atoms with E-state index in [1.165, 1.54) is 16.8 Å². The van der Waals surface area contributed by atoms with Crippen LogP contribution in [0.3, 0.4) is 0 Å². The monoisotopic (exact) mass is 492 g/mol. The Balaban J connectivity index is 1.39. The van der Waals surface area contributed by atoms with Gasteiger partial charge in [-0.1, -0.05) is 35.5 Å². The van der Waals surface area contributed by atoms with E-state index < -0.39 is 5.25 Å². The number of carbonyl (C=O) groups excluding carboxylic acids is 1. The lowest BCUT2D eigenvalue weighted by Crippen LogP contribution is -2.33. The molecular weight excluding hydrogens is 472 g/mol. The Kier molecular flexibility index (Phi) is 6.21. The predicted octanol–water partition coefficient (Wildman–Crippen LogP) is 4.98. The minimum atomic E-state index is -0.445. The number of halogens is 1. The van der Waals surface area contributed by atoms with Crippen molar-refractivity contribution in [3.63, 3.8) is 0 Å². The van der Waals surface area contributed by atoms with Crippen molar-refractivity contribution in [2.45, 2.75) is 29.8 Å². The molecule has 1 amide bonds. The molecule has 0 spiro atoms.